The van der Waals surface area contributed by atoms with E-state index in [4.69, 9.17) is 0 Å². The summed E-state index contributed by atoms with van der Waals surface area (Å²) in [5.41, 5.74) is 3.00. The van der Waals surface area contributed by atoms with Crippen LogP contribution < -0.4 is 5.32 Å². The van der Waals surface area contributed by atoms with Gasteiger partial charge in [0.2, 0.25) is 11.8 Å². The molecule has 2 aliphatic heterocycles. The van der Waals surface area contributed by atoms with Crippen LogP contribution in [0, 0.1) is 12.5 Å². The molecule has 1 radical (unpaired) electrons. The van der Waals surface area contributed by atoms with Gasteiger partial charge in [-0.25, -0.2) is 6.54 Å². The molecular weight excluding hydrogens is 467 g/mol. The third-order valence-electron chi connectivity index (χ3n) is 5.78. The second-order valence-electron chi connectivity index (χ2n) is 8.16. The Kier molecular flexibility index (Phi) is 7.90. The van der Waals surface area contributed by atoms with E-state index < -0.39 is 0 Å². The third-order valence-corrected chi connectivity index (χ3v) is 5.78. The van der Waals surface area contributed by atoms with Gasteiger partial charge >= 0.3 is 0 Å². The minimum atomic E-state index is -0.336. The van der Waals surface area contributed by atoms with Gasteiger partial charge in [0.25, 0.3) is 0 Å². The quantitative estimate of drug-likeness (QED) is 0.666. The minimum Gasteiger partial charge on any atom is -0.457 e. The molecule has 4 rings (SSSR count). The topological polar surface area (TPSA) is 69.7 Å². The average Bonchev–Trinajstić information content (AvgIpc) is 2.85. The number of nitrogens with zero attached hydrogens (tertiary/aromatic N) is 2. The summed E-state index contributed by atoms with van der Waals surface area (Å²) in [5.74, 6) is -0.257. The Bertz CT molecular complexity index is 956. The number of hydrogen-bond acceptors (Lipinski definition) is 3. The second-order valence-corrected chi connectivity index (χ2v) is 8.16. The summed E-state index contributed by atoms with van der Waals surface area (Å²) < 4.78 is 0. The van der Waals surface area contributed by atoms with Crippen molar-refractivity contribution in [3.8, 4) is 0 Å². The molecule has 7 heteroatoms. The van der Waals surface area contributed by atoms with Crippen molar-refractivity contribution < 1.29 is 47.1 Å². The normalized spacial score (nSPS) is 16.7. The van der Waals surface area contributed by atoms with Crippen LogP contribution in [0.5, 0.6) is 0 Å². The van der Waals surface area contributed by atoms with Gasteiger partial charge in [-0.1, -0.05) is 43.3 Å². The molecule has 0 saturated carbocycles. The predicted molar refractivity (Wildman–Crippen MR) is 115 cm³/mol. The Morgan fingerprint density at radius 3 is 2.48 bits per heavy atom. The number of amides is 3. The first-order valence-corrected chi connectivity index (χ1v) is 10.4. The van der Waals surface area contributed by atoms with Gasteiger partial charge in [-0.05, 0) is 48.4 Å². The van der Waals surface area contributed by atoms with Crippen LogP contribution >= 0.6 is 0 Å². The van der Waals surface area contributed by atoms with Gasteiger partial charge in [-0.2, -0.15) is 0 Å². The van der Waals surface area contributed by atoms with Crippen LogP contribution in [0.25, 0.3) is 0 Å². The first-order chi connectivity index (χ1) is 14.5. The zero-order chi connectivity index (χ0) is 21.1. The van der Waals surface area contributed by atoms with Crippen molar-refractivity contribution in [1.29, 1.82) is 0 Å². The number of fused-ring (bicyclic) bond motifs is 1. The molecule has 0 unspecified atom stereocenters. The Hall–Kier alpha value is -2.18. The molecule has 0 bridgehead atoms. The molecule has 31 heavy (non-hydrogen) atoms. The molecule has 2 aromatic rings. The van der Waals surface area contributed by atoms with Crippen LogP contribution in [0.4, 0.5) is 5.69 Å². The zero-order valence-corrected chi connectivity index (χ0v) is 20.6. The Morgan fingerprint density at radius 1 is 1.06 bits per heavy atom. The molecule has 2 aromatic carbocycles. The summed E-state index contributed by atoms with van der Waals surface area (Å²) in [7, 11) is 0. The molecule has 0 aliphatic carbocycles. The van der Waals surface area contributed by atoms with Crippen LogP contribution in [0.1, 0.15) is 41.3 Å². The van der Waals surface area contributed by atoms with Gasteiger partial charge in [0.05, 0.1) is 17.8 Å². The van der Waals surface area contributed by atoms with E-state index in [9.17, 15) is 14.4 Å². The third kappa shape index (κ3) is 5.75. The number of piperidine rings is 1. The van der Waals surface area contributed by atoms with E-state index >= 15 is 0 Å². The Morgan fingerprint density at radius 2 is 1.77 bits per heavy atom. The fraction of sp³-hybridized carbons (Fsp3) is 0.333. The van der Waals surface area contributed by atoms with E-state index in [1.165, 1.54) is 11.4 Å². The summed E-state index contributed by atoms with van der Waals surface area (Å²) in [6, 6.07) is 15.5. The van der Waals surface area contributed by atoms with Crippen LogP contribution in [0.3, 0.4) is 0 Å². The fourth-order valence-corrected chi connectivity index (χ4v) is 3.94. The second kappa shape index (κ2) is 10.4. The smallest absolute Gasteiger partial charge is 0.241 e. The standard InChI is InChI=1S/C24H26N3O3.Y/c1-17-9-11-26(12-10-17)23(29)16-27-15-22(28)25-21-8-7-19(14-20(21)24(27)30)13-18-5-3-2-4-6-18;/h2-8,14,16-17H,9-13,15H2,1H3,(H,25,28);/q-1;. The van der Waals surface area contributed by atoms with Gasteiger partial charge in [-0.15, -0.1) is 0 Å². The maximum absolute atomic E-state index is 13.2. The van der Waals surface area contributed by atoms with E-state index in [-0.39, 0.29) is 57.0 Å². The summed E-state index contributed by atoms with van der Waals surface area (Å²) in [5, 5.41) is 2.79. The van der Waals surface area contributed by atoms with Crippen molar-refractivity contribution in [3.63, 3.8) is 0 Å². The SMILES string of the molecule is CC1CCN(C(=O)[CH-]N2CC(=O)Nc3ccc(Cc4ccccc4)cc3C2=O)CC1.[Y]. The number of carbonyl (C=O) groups is 3. The molecule has 2 heterocycles. The number of likely N-dealkylation sites (tertiary alicyclic amines) is 1. The van der Waals surface area contributed by atoms with Crippen molar-refractivity contribution in [2.24, 2.45) is 5.92 Å². The first-order valence-electron chi connectivity index (χ1n) is 10.4. The van der Waals surface area contributed by atoms with Crippen molar-refractivity contribution in [3.05, 3.63) is 71.8 Å². The van der Waals surface area contributed by atoms with Crippen molar-refractivity contribution in [2.75, 3.05) is 25.0 Å². The van der Waals surface area contributed by atoms with E-state index in [0.717, 1.165) is 24.0 Å². The molecule has 159 valence electrons. The Labute approximate surface area is 208 Å². The van der Waals surface area contributed by atoms with Gasteiger partial charge < -0.3 is 19.9 Å². The van der Waals surface area contributed by atoms with E-state index in [1.807, 2.05) is 42.5 Å². The number of hydrogen-bond donors (Lipinski definition) is 1. The molecule has 1 saturated heterocycles. The van der Waals surface area contributed by atoms with Gasteiger partial charge in [0.1, 0.15) is 5.91 Å². The van der Waals surface area contributed by atoms with E-state index in [2.05, 4.69) is 12.2 Å². The van der Waals surface area contributed by atoms with E-state index in [1.54, 1.807) is 11.0 Å². The number of nitrogens with one attached hydrogen (secondary N) is 1. The minimum absolute atomic E-state index is 0. The van der Waals surface area contributed by atoms with Gasteiger partial charge in [0, 0.05) is 45.8 Å². The van der Waals surface area contributed by atoms with Crippen LogP contribution in [-0.2, 0) is 48.7 Å². The molecule has 1 N–H and O–H groups in total. The summed E-state index contributed by atoms with van der Waals surface area (Å²) in [6.07, 6.45) is 2.60. The van der Waals surface area contributed by atoms with E-state index in [0.29, 0.717) is 36.7 Å². The van der Waals surface area contributed by atoms with Crippen molar-refractivity contribution in [1.82, 2.24) is 9.80 Å². The molecule has 6 nitrogen and oxygen atoms in total. The first kappa shape index (κ1) is 23.5. The van der Waals surface area contributed by atoms with Crippen LogP contribution in [0.15, 0.2) is 48.5 Å². The molecule has 0 spiro atoms. The number of rotatable bonds is 4. The Balaban J connectivity index is 0.00000272. The van der Waals surface area contributed by atoms with Crippen LogP contribution in [-0.4, -0.2) is 47.2 Å². The molecule has 3 amide bonds. The zero-order valence-electron chi connectivity index (χ0n) is 17.7. The number of carbonyl (C=O) groups excluding carboxylic acids is 3. The molecule has 0 aromatic heterocycles. The largest absolute Gasteiger partial charge is 0.457 e. The molecule has 0 atom stereocenters. The predicted octanol–water partition coefficient (Wildman–Crippen LogP) is 3.09. The van der Waals surface area contributed by atoms with Crippen LogP contribution in [0.2, 0.25) is 0 Å². The maximum Gasteiger partial charge on any atom is 0.241 e. The number of anilines is 1. The average molecular weight is 493 g/mol. The van der Waals surface area contributed by atoms with Gasteiger partial charge in [-0.3, -0.25) is 9.59 Å². The van der Waals surface area contributed by atoms with Crippen molar-refractivity contribution in [2.45, 2.75) is 26.2 Å². The number of benzene rings is 2. The summed E-state index contributed by atoms with van der Waals surface area (Å²) in [6.45, 7) is 4.66. The van der Waals surface area contributed by atoms with Gasteiger partial charge in [0.15, 0.2) is 0 Å². The molecule has 1 fully saturated rings. The monoisotopic (exact) mass is 493 g/mol. The van der Waals surface area contributed by atoms with Crippen molar-refractivity contribution >= 4 is 23.4 Å². The molecular formula is C24H26N3O3Y-. The fourth-order valence-electron chi connectivity index (χ4n) is 3.94. The molecule has 2 aliphatic rings. The summed E-state index contributed by atoms with van der Waals surface area (Å²) >= 11 is 0. The maximum atomic E-state index is 13.2. The summed E-state index contributed by atoms with van der Waals surface area (Å²) in [4.78, 5) is 41.2.